The maximum absolute atomic E-state index is 12.7. The van der Waals surface area contributed by atoms with Gasteiger partial charge < -0.3 is 19.2 Å². The van der Waals surface area contributed by atoms with Crippen molar-refractivity contribution >= 4 is 22.9 Å². The van der Waals surface area contributed by atoms with Crippen molar-refractivity contribution in [2.75, 3.05) is 18.0 Å². The molecule has 0 radical (unpaired) electrons. The van der Waals surface area contributed by atoms with Crippen LogP contribution in [0, 0.1) is 5.92 Å². The maximum Gasteiger partial charge on any atom is 0.223 e. The van der Waals surface area contributed by atoms with E-state index in [4.69, 9.17) is 9.40 Å². The molecule has 6 nitrogen and oxygen atoms in total. The van der Waals surface area contributed by atoms with Crippen LogP contribution in [0.1, 0.15) is 38.9 Å². The van der Waals surface area contributed by atoms with Gasteiger partial charge in [0.2, 0.25) is 11.9 Å². The van der Waals surface area contributed by atoms with Crippen LogP contribution in [-0.4, -0.2) is 34.6 Å². The molecule has 2 aromatic heterocycles. The van der Waals surface area contributed by atoms with Gasteiger partial charge >= 0.3 is 0 Å². The molecule has 0 saturated carbocycles. The molecular formula is C23H30N4O2. The van der Waals surface area contributed by atoms with Crippen LogP contribution in [0.3, 0.4) is 0 Å². The Morgan fingerprint density at radius 1 is 1.24 bits per heavy atom. The van der Waals surface area contributed by atoms with Gasteiger partial charge in [-0.1, -0.05) is 12.1 Å². The number of rotatable bonds is 7. The van der Waals surface area contributed by atoms with Gasteiger partial charge in [-0.15, -0.1) is 0 Å². The lowest BCUT2D eigenvalue weighted by atomic mass is 9.95. The highest BCUT2D eigenvalue weighted by Gasteiger charge is 2.28. The highest BCUT2D eigenvalue weighted by molar-refractivity contribution is 5.80. The Bertz CT molecular complexity index is 939. The summed E-state index contributed by atoms with van der Waals surface area (Å²) in [6, 6.07) is 12.3. The number of hydrogen-bond donors (Lipinski definition) is 1. The third kappa shape index (κ3) is 4.31. The van der Waals surface area contributed by atoms with Gasteiger partial charge in [-0.25, -0.2) is 4.98 Å². The monoisotopic (exact) mass is 394 g/mol. The van der Waals surface area contributed by atoms with Crippen molar-refractivity contribution in [2.24, 2.45) is 5.92 Å². The highest BCUT2D eigenvalue weighted by atomic mass is 16.3. The Hall–Kier alpha value is -2.76. The van der Waals surface area contributed by atoms with Gasteiger partial charge in [-0.2, -0.15) is 0 Å². The van der Waals surface area contributed by atoms with Crippen molar-refractivity contribution in [1.82, 2.24) is 14.9 Å². The van der Waals surface area contributed by atoms with E-state index in [0.29, 0.717) is 0 Å². The van der Waals surface area contributed by atoms with Crippen molar-refractivity contribution in [3.05, 3.63) is 48.4 Å². The Morgan fingerprint density at radius 2 is 2.03 bits per heavy atom. The molecule has 1 aromatic carbocycles. The molecule has 1 aliphatic rings. The summed E-state index contributed by atoms with van der Waals surface area (Å²) in [6.07, 6.45) is 5.16. The van der Waals surface area contributed by atoms with Gasteiger partial charge in [0.25, 0.3) is 0 Å². The van der Waals surface area contributed by atoms with Crippen LogP contribution in [0.5, 0.6) is 0 Å². The summed E-state index contributed by atoms with van der Waals surface area (Å²) in [5, 5.41) is 3.19. The normalized spacial score (nSPS) is 16.3. The zero-order chi connectivity index (χ0) is 20.2. The van der Waals surface area contributed by atoms with E-state index in [1.54, 1.807) is 6.26 Å². The molecule has 154 valence electrons. The molecule has 0 spiro atoms. The van der Waals surface area contributed by atoms with Gasteiger partial charge in [0.15, 0.2) is 0 Å². The molecule has 1 fully saturated rings. The Kier molecular flexibility index (Phi) is 5.88. The second kappa shape index (κ2) is 8.72. The smallest absolute Gasteiger partial charge is 0.223 e. The van der Waals surface area contributed by atoms with Gasteiger partial charge in [0.1, 0.15) is 5.76 Å². The second-order valence-electron chi connectivity index (χ2n) is 7.93. The minimum absolute atomic E-state index is 0.0803. The van der Waals surface area contributed by atoms with Crippen LogP contribution in [-0.2, 0) is 17.8 Å². The third-order valence-electron chi connectivity index (χ3n) is 5.89. The van der Waals surface area contributed by atoms with Crippen molar-refractivity contribution in [2.45, 2.75) is 52.1 Å². The van der Waals surface area contributed by atoms with Crippen LogP contribution in [0.2, 0.25) is 0 Å². The minimum Gasteiger partial charge on any atom is -0.469 e. The van der Waals surface area contributed by atoms with Gasteiger partial charge in [0.05, 0.1) is 17.3 Å². The number of benzene rings is 1. The zero-order valence-electron chi connectivity index (χ0n) is 17.3. The summed E-state index contributed by atoms with van der Waals surface area (Å²) in [5.41, 5.74) is 2.21. The number of anilines is 1. The van der Waals surface area contributed by atoms with Crippen molar-refractivity contribution in [3.63, 3.8) is 0 Å². The van der Waals surface area contributed by atoms with E-state index in [1.165, 1.54) is 5.52 Å². The number of imidazole rings is 1. The Morgan fingerprint density at radius 3 is 2.76 bits per heavy atom. The first-order valence-corrected chi connectivity index (χ1v) is 10.7. The van der Waals surface area contributed by atoms with Gasteiger partial charge in [-0.3, -0.25) is 4.79 Å². The van der Waals surface area contributed by atoms with Crippen LogP contribution < -0.4 is 10.2 Å². The molecular weight excluding hydrogens is 364 g/mol. The number of fused-ring (bicyclic) bond motifs is 1. The topological polar surface area (TPSA) is 63.3 Å². The number of furan rings is 1. The molecule has 1 atom stereocenters. The lowest BCUT2D eigenvalue weighted by molar-refractivity contribution is -0.126. The number of nitrogens with one attached hydrogen (secondary N) is 1. The van der Waals surface area contributed by atoms with Crippen LogP contribution in [0.25, 0.3) is 11.0 Å². The summed E-state index contributed by atoms with van der Waals surface area (Å²) in [7, 11) is 0. The summed E-state index contributed by atoms with van der Waals surface area (Å²) < 4.78 is 7.64. The fourth-order valence-electron chi connectivity index (χ4n) is 4.20. The molecule has 0 bridgehead atoms. The van der Waals surface area contributed by atoms with Crippen molar-refractivity contribution in [3.8, 4) is 0 Å². The van der Waals surface area contributed by atoms with Crippen molar-refractivity contribution in [1.29, 1.82) is 0 Å². The third-order valence-corrected chi connectivity index (χ3v) is 5.89. The summed E-state index contributed by atoms with van der Waals surface area (Å²) >= 11 is 0. The van der Waals surface area contributed by atoms with Gasteiger partial charge in [0, 0.05) is 38.0 Å². The number of aryl methyl sites for hydroxylation is 2. The quantitative estimate of drug-likeness (QED) is 0.658. The number of aromatic nitrogens is 2. The van der Waals surface area contributed by atoms with E-state index in [0.717, 1.165) is 62.5 Å². The average molecular weight is 395 g/mol. The minimum atomic E-state index is 0.0803. The predicted molar refractivity (Wildman–Crippen MR) is 115 cm³/mol. The molecule has 6 heteroatoms. The fraction of sp³-hybridized carbons (Fsp3) is 0.478. The first kappa shape index (κ1) is 19.6. The first-order valence-electron chi connectivity index (χ1n) is 10.7. The molecule has 1 aliphatic heterocycles. The van der Waals surface area contributed by atoms with E-state index in [-0.39, 0.29) is 17.9 Å². The van der Waals surface area contributed by atoms with Crippen molar-refractivity contribution < 1.29 is 9.21 Å². The number of para-hydroxylation sites is 2. The Balaban J connectivity index is 1.31. The summed E-state index contributed by atoms with van der Waals surface area (Å²) in [5.74, 6) is 2.26. The summed E-state index contributed by atoms with van der Waals surface area (Å²) in [4.78, 5) is 19.9. The van der Waals surface area contributed by atoms with E-state index in [1.807, 2.05) is 18.2 Å². The van der Waals surface area contributed by atoms with Gasteiger partial charge in [-0.05, 0) is 57.4 Å². The summed E-state index contributed by atoms with van der Waals surface area (Å²) in [6.45, 7) is 6.84. The number of carbonyl (C=O) groups excluding carboxylic acids is 1. The number of piperidine rings is 1. The lowest BCUT2D eigenvalue weighted by Crippen LogP contribution is -2.43. The van der Waals surface area contributed by atoms with Crippen LogP contribution in [0.15, 0.2) is 47.1 Å². The number of hydrogen-bond acceptors (Lipinski definition) is 4. The molecule has 1 N–H and O–H groups in total. The molecule has 3 aromatic rings. The SMILES string of the molecule is CCn1c(N2CCC(C(=O)N[C@@H](C)CCc3ccco3)CC2)nc2ccccc21. The zero-order valence-corrected chi connectivity index (χ0v) is 17.3. The maximum atomic E-state index is 12.7. The highest BCUT2D eigenvalue weighted by Crippen LogP contribution is 2.27. The molecule has 3 heterocycles. The van der Waals surface area contributed by atoms with E-state index < -0.39 is 0 Å². The molecule has 1 saturated heterocycles. The van der Waals surface area contributed by atoms with E-state index in [2.05, 4.69) is 46.8 Å². The van der Waals surface area contributed by atoms with Crippen LogP contribution in [0.4, 0.5) is 5.95 Å². The molecule has 1 amide bonds. The standard InChI is InChI=1S/C23H30N4O2/c1-3-27-21-9-5-4-8-20(21)25-23(27)26-14-12-18(13-15-26)22(28)24-17(2)10-11-19-7-6-16-29-19/h4-9,16-18H,3,10-15H2,1-2H3,(H,24,28)/t17-/m0/s1. The number of carbonyl (C=O) groups is 1. The van der Waals surface area contributed by atoms with Crippen LogP contribution >= 0.6 is 0 Å². The fourth-order valence-corrected chi connectivity index (χ4v) is 4.20. The largest absolute Gasteiger partial charge is 0.469 e. The van der Waals surface area contributed by atoms with E-state index in [9.17, 15) is 4.79 Å². The average Bonchev–Trinajstić information content (AvgIpc) is 3.39. The first-order chi connectivity index (χ1) is 14.2. The number of amides is 1. The second-order valence-corrected chi connectivity index (χ2v) is 7.93. The Labute approximate surface area is 171 Å². The van der Waals surface area contributed by atoms with E-state index >= 15 is 0 Å². The molecule has 0 aliphatic carbocycles. The molecule has 4 rings (SSSR count). The number of nitrogens with zero attached hydrogens (tertiary/aromatic N) is 3. The molecule has 0 unspecified atom stereocenters. The predicted octanol–water partition coefficient (Wildman–Crippen LogP) is 4.00. The molecule has 29 heavy (non-hydrogen) atoms. The lowest BCUT2D eigenvalue weighted by Gasteiger charge is -2.32.